The van der Waals surface area contributed by atoms with E-state index in [0.717, 1.165) is 13.1 Å². The van der Waals surface area contributed by atoms with Gasteiger partial charge in [-0.3, -0.25) is 0 Å². The molecular weight excluding hydrogens is 145 g/mol. The van der Waals surface area contributed by atoms with E-state index in [-0.39, 0.29) is 24.8 Å². The van der Waals surface area contributed by atoms with Crippen LogP contribution in [0.3, 0.4) is 0 Å². The zero-order valence-corrected chi connectivity index (χ0v) is 7.07. The van der Waals surface area contributed by atoms with Gasteiger partial charge in [-0.1, -0.05) is 13.8 Å². The number of hydrogen-bond acceptors (Lipinski definition) is 1. The van der Waals surface area contributed by atoms with E-state index in [1.54, 1.807) is 0 Å². The lowest BCUT2D eigenvalue weighted by Crippen LogP contribution is -2.12. The van der Waals surface area contributed by atoms with Crippen LogP contribution in [0.5, 0.6) is 0 Å². The fraction of sp³-hybridized carbons (Fsp3) is 1.00. The largest absolute Gasteiger partial charge is 0.317 e. The molecule has 1 N–H and O–H groups in total. The molecule has 0 bridgehead atoms. The summed E-state index contributed by atoms with van der Waals surface area (Å²) in [5.74, 6) is 0. The third kappa shape index (κ3) is 16.0. The SMILES string of the molecule is CCCNCC.Cl.Cl. The van der Waals surface area contributed by atoms with E-state index in [1.165, 1.54) is 6.42 Å². The zero-order valence-electron chi connectivity index (χ0n) is 5.44. The maximum Gasteiger partial charge on any atom is -0.00517 e. The molecule has 8 heavy (non-hydrogen) atoms. The average Bonchev–Trinajstić information content (AvgIpc) is 1.61. The van der Waals surface area contributed by atoms with Gasteiger partial charge in [0, 0.05) is 0 Å². The fourth-order valence-corrected chi connectivity index (χ4v) is 0.354. The molecule has 0 radical (unpaired) electrons. The summed E-state index contributed by atoms with van der Waals surface area (Å²) in [4.78, 5) is 0. The molecule has 0 amide bonds. The summed E-state index contributed by atoms with van der Waals surface area (Å²) in [6.07, 6.45) is 1.24. The predicted octanol–water partition coefficient (Wildman–Crippen LogP) is 1.85. The van der Waals surface area contributed by atoms with E-state index in [0.29, 0.717) is 0 Å². The number of nitrogens with one attached hydrogen (secondary N) is 1. The highest BCUT2D eigenvalue weighted by molar-refractivity contribution is 5.85. The zero-order chi connectivity index (χ0) is 4.83. The second-order valence-electron chi connectivity index (χ2n) is 1.35. The molecule has 0 aliphatic heterocycles. The summed E-state index contributed by atoms with van der Waals surface area (Å²) in [5.41, 5.74) is 0. The smallest absolute Gasteiger partial charge is 0.00517 e. The standard InChI is InChI=1S/C5H13N.2ClH/c1-3-5-6-4-2;;/h6H,3-5H2,1-2H3;2*1H. The molecule has 0 spiro atoms. The van der Waals surface area contributed by atoms with Crippen molar-refractivity contribution in [3.05, 3.63) is 0 Å². The van der Waals surface area contributed by atoms with Crippen LogP contribution >= 0.6 is 24.8 Å². The minimum Gasteiger partial charge on any atom is -0.317 e. The van der Waals surface area contributed by atoms with Gasteiger partial charge in [-0.2, -0.15) is 0 Å². The Balaban J connectivity index is -0.000000125. The van der Waals surface area contributed by atoms with Crippen molar-refractivity contribution in [1.29, 1.82) is 0 Å². The van der Waals surface area contributed by atoms with Crippen LogP contribution in [0, 0.1) is 0 Å². The lowest BCUT2D eigenvalue weighted by molar-refractivity contribution is 0.703. The van der Waals surface area contributed by atoms with Gasteiger partial charge in [0.1, 0.15) is 0 Å². The van der Waals surface area contributed by atoms with Gasteiger partial charge < -0.3 is 5.32 Å². The van der Waals surface area contributed by atoms with Crippen LogP contribution in [-0.4, -0.2) is 13.1 Å². The molecule has 1 nitrogen and oxygen atoms in total. The highest BCUT2D eigenvalue weighted by atomic mass is 35.5. The Morgan fingerprint density at radius 1 is 1.12 bits per heavy atom. The number of hydrogen-bond donors (Lipinski definition) is 1. The van der Waals surface area contributed by atoms with Gasteiger partial charge in [0.2, 0.25) is 0 Å². The van der Waals surface area contributed by atoms with Crippen molar-refractivity contribution in [2.45, 2.75) is 20.3 Å². The molecule has 0 atom stereocenters. The number of halogens is 2. The van der Waals surface area contributed by atoms with Crippen molar-refractivity contribution in [2.75, 3.05) is 13.1 Å². The van der Waals surface area contributed by atoms with Crippen LogP contribution < -0.4 is 5.32 Å². The molecule has 0 unspecified atom stereocenters. The molecule has 0 aliphatic rings. The Kier molecular flexibility index (Phi) is 30.9. The first-order chi connectivity index (χ1) is 2.91. The second kappa shape index (κ2) is 15.6. The summed E-state index contributed by atoms with van der Waals surface area (Å²) < 4.78 is 0. The van der Waals surface area contributed by atoms with Gasteiger partial charge in [-0.25, -0.2) is 0 Å². The average molecular weight is 160 g/mol. The highest BCUT2D eigenvalue weighted by Gasteiger charge is 1.71. The molecule has 0 rings (SSSR count). The van der Waals surface area contributed by atoms with Crippen molar-refractivity contribution in [2.24, 2.45) is 0 Å². The molecule has 0 saturated carbocycles. The van der Waals surface area contributed by atoms with E-state index in [4.69, 9.17) is 0 Å². The molecular formula is C5H15Cl2N. The van der Waals surface area contributed by atoms with Crippen molar-refractivity contribution < 1.29 is 0 Å². The molecule has 54 valence electrons. The molecule has 0 aromatic rings. The van der Waals surface area contributed by atoms with Crippen molar-refractivity contribution in [3.63, 3.8) is 0 Å². The lowest BCUT2D eigenvalue weighted by Gasteiger charge is -1.91. The van der Waals surface area contributed by atoms with Crippen LogP contribution in [0.2, 0.25) is 0 Å². The normalized spacial score (nSPS) is 6.75. The van der Waals surface area contributed by atoms with Crippen LogP contribution in [0.4, 0.5) is 0 Å². The Bertz CT molecular complexity index is 22.4. The van der Waals surface area contributed by atoms with Gasteiger partial charge in [-0.05, 0) is 19.5 Å². The topological polar surface area (TPSA) is 12.0 Å². The Morgan fingerprint density at radius 3 is 1.75 bits per heavy atom. The van der Waals surface area contributed by atoms with Gasteiger partial charge >= 0.3 is 0 Å². The molecule has 0 saturated heterocycles. The lowest BCUT2D eigenvalue weighted by atomic mass is 10.5. The molecule has 3 heteroatoms. The van der Waals surface area contributed by atoms with Gasteiger partial charge in [-0.15, -0.1) is 24.8 Å². The maximum atomic E-state index is 3.20. The van der Waals surface area contributed by atoms with Crippen molar-refractivity contribution in [1.82, 2.24) is 5.32 Å². The third-order valence-electron chi connectivity index (χ3n) is 0.677. The minimum absolute atomic E-state index is 0. The van der Waals surface area contributed by atoms with E-state index >= 15 is 0 Å². The summed E-state index contributed by atoms with van der Waals surface area (Å²) in [6, 6.07) is 0. The van der Waals surface area contributed by atoms with Gasteiger partial charge in [0.05, 0.1) is 0 Å². The van der Waals surface area contributed by atoms with Gasteiger partial charge in [0.25, 0.3) is 0 Å². The monoisotopic (exact) mass is 159 g/mol. The summed E-state index contributed by atoms with van der Waals surface area (Å²) in [5, 5.41) is 3.20. The quantitative estimate of drug-likeness (QED) is 0.621. The first kappa shape index (κ1) is 15.8. The second-order valence-corrected chi connectivity index (χ2v) is 1.35. The first-order valence-corrected chi connectivity index (χ1v) is 2.62. The van der Waals surface area contributed by atoms with E-state index < -0.39 is 0 Å². The minimum atomic E-state index is 0. The van der Waals surface area contributed by atoms with Crippen LogP contribution in [-0.2, 0) is 0 Å². The maximum absolute atomic E-state index is 3.20. The first-order valence-electron chi connectivity index (χ1n) is 2.62. The fourth-order valence-electron chi connectivity index (χ4n) is 0.354. The third-order valence-corrected chi connectivity index (χ3v) is 0.677. The van der Waals surface area contributed by atoms with E-state index in [9.17, 15) is 0 Å². The van der Waals surface area contributed by atoms with Crippen LogP contribution in [0.15, 0.2) is 0 Å². The Morgan fingerprint density at radius 2 is 1.62 bits per heavy atom. The predicted molar refractivity (Wildman–Crippen MR) is 43.3 cm³/mol. The summed E-state index contributed by atoms with van der Waals surface area (Å²) >= 11 is 0. The molecule has 0 fully saturated rings. The van der Waals surface area contributed by atoms with E-state index in [1.807, 2.05) is 0 Å². The summed E-state index contributed by atoms with van der Waals surface area (Å²) in [7, 11) is 0. The number of rotatable bonds is 3. The Labute approximate surface area is 64.1 Å². The van der Waals surface area contributed by atoms with Crippen molar-refractivity contribution in [3.8, 4) is 0 Å². The highest BCUT2D eigenvalue weighted by Crippen LogP contribution is 1.65. The van der Waals surface area contributed by atoms with E-state index in [2.05, 4.69) is 19.2 Å². The molecule has 0 aliphatic carbocycles. The molecule has 0 heterocycles. The van der Waals surface area contributed by atoms with Crippen LogP contribution in [0.1, 0.15) is 20.3 Å². The molecule has 0 aromatic heterocycles. The molecule has 0 aromatic carbocycles. The summed E-state index contributed by atoms with van der Waals surface area (Å²) in [6.45, 7) is 6.56. The van der Waals surface area contributed by atoms with Crippen LogP contribution in [0.25, 0.3) is 0 Å². The van der Waals surface area contributed by atoms with Crippen molar-refractivity contribution >= 4 is 24.8 Å². The van der Waals surface area contributed by atoms with Gasteiger partial charge in [0.15, 0.2) is 0 Å². The Hall–Kier alpha value is 0.540.